The van der Waals surface area contributed by atoms with Crippen LogP contribution in [-0.2, 0) is 9.53 Å². The van der Waals surface area contributed by atoms with Gasteiger partial charge in [0.1, 0.15) is 11.9 Å². The summed E-state index contributed by atoms with van der Waals surface area (Å²) in [5.74, 6) is 0.316. The maximum absolute atomic E-state index is 13.2. The van der Waals surface area contributed by atoms with E-state index in [1.807, 2.05) is 81.4 Å². The van der Waals surface area contributed by atoms with Crippen LogP contribution in [0.15, 0.2) is 72.6 Å². The minimum Gasteiger partial charge on any atom is -0.490 e. The highest BCUT2D eigenvalue weighted by Gasteiger charge is 2.38. The Labute approximate surface area is 161 Å². The number of aliphatic hydroxyl groups is 1. The fourth-order valence-corrected chi connectivity index (χ4v) is 3.20. The standard InChI is InChI=1S/C23H27NO3/c1-16-21(25)22(26)24(15-19(27-16)23(2,3)4)20(17-11-7-5-8-12-17)18-13-9-6-10-14-18/h5-16,20-21,25H,1-4H3/t16-,21-/m1/s1. The topological polar surface area (TPSA) is 49.8 Å². The summed E-state index contributed by atoms with van der Waals surface area (Å²) in [5.41, 5.74) is 1.65. The number of carbonyl (C=O) groups is 1. The van der Waals surface area contributed by atoms with E-state index in [1.165, 1.54) is 0 Å². The number of carbonyl (C=O) groups excluding carboxylic acids is 1. The molecule has 0 bridgehead atoms. The zero-order valence-electron chi connectivity index (χ0n) is 16.3. The van der Waals surface area contributed by atoms with Crippen LogP contribution in [-0.4, -0.2) is 28.1 Å². The molecule has 2 aromatic carbocycles. The first-order valence-corrected chi connectivity index (χ1v) is 9.28. The number of aliphatic hydroxyl groups excluding tert-OH is 1. The molecule has 3 rings (SSSR count). The highest BCUT2D eigenvalue weighted by molar-refractivity contribution is 5.83. The van der Waals surface area contributed by atoms with Gasteiger partial charge in [-0.05, 0) is 18.1 Å². The zero-order chi connectivity index (χ0) is 19.6. The van der Waals surface area contributed by atoms with Gasteiger partial charge in [0, 0.05) is 11.6 Å². The van der Waals surface area contributed by atoms with Crippen molar-refractivity contribution in [3.63, 3.8) is 0 Å². The number of allylic oxidation sites excluding steroid dienone is 1. The first kappa shape index (κ1) is 19.2. The SMILES string of the molecule is C[C@H]1OC(C(C)(C)C)=CN(C(c2ccccc2)c2ccccc2)C(=O)[C@@H]1O. The molecule has 1 N–H and O–H groups in total. The maximum atomic E-state index is 13.2. The van der Waals surface area contributed by atoms with Crippen molar-refractivity contribution in [1.82, 2.24) is 4.90 Å². The Kier molecular flexibility index (Phi) is 5.38. The lowest BCUT2D eigenvalue weighted by atomic mass is 9.93. The number of amides is 1. The number of hydrogen-bond donors (Lipinski definition) is 1. The molecule has 1 amide bonds. The van der Waals surface area contributed by atoms with Crippen molar-refractivity contribution in [1.29, 1.82) is 0 Å². The van der Waals surface area contributed by atoms with Gasteiger partial charge in [-0.25, -0.2) is 0 Å². The second-order valence-corrected chi connectivity index (χ2v) is 7.98. The minimum atomic E-state index is -1.23. The predicted octanol–water partition coefficient (Wildman–Crippen LogP) is 4.27. The van der Waals surface area contributed by atoms with Crippen molar-refractivity contribution in [2.24, 2.45) is 5.41 Å². The number of benzene rings is 2. The van der Waals surface area contributed by atoms with E-state index in [2.05, 4.69) is 0 Å². The third-order valence-corrected chi connectivity index (χ3v) is 4.77. The number of ether oxygens (including phenoxy) is 1. The first-order valence-electron chi connectivity index (χ1n) is 9.28. The molecule has 1 aliphatic heterocycles. The molecule has 0 radical (unpaired) electrons. The van der Waals surface area contributed by atoms with Crippen molar-refractivity contribution >= 4 is 5.91 Å². The molecular weight excluding hydrogens is 338 g/mol. The van der Waals surface area contributed by atoms with Gasteiger partial charge in [0.15, 0.2) is 6.10 Å². The normalized spacial score (nSPS) is 20.9. The maximum Gasteiger partial charge on any atom is 0.260 e. The zero-order valence-corrected chi connectivity index (χ0v) is 16.3. The van der Waals surface area contributed by atoms with E-state index in [0.29, 0.717) is 5.76 Å². The quantitative estimate of drug-likeness (QED) is 0.884. The van der Waals surface area contributed by atoms with Gasteiger partial charge < -0.3 is 14.7 Å². The van der Waals surface area contributed by atoms with Crippen LogP contribution in [0.1, 0.15) is 44.9 Å². The summed E-state index contributed by atoms with van der Waals surface area (Å²) in [6.07, 6.45) is -0.0732. The Balaban J connectivity index is 2.17. The number of hydrogen-bond acceptors (Lipinski definition) is 3. The summed E-state index contributed by atoms with van der Waals surface area (Å²) in [4.78, 5) is 14.8. The lowest BCUT2D eigenvalue weighted by molar-refractivity contribution is -0.143. The molecule has 142 valence electrons. The van der Waals surface area contributed by atoms with Gasteiger partial charge in [-0.2, -0.15) is 0 Å². The van der Waals surface area contributed by atoms with Gasteiger partial charge >= 0.3 is 0 Å². The Bertz CT molecular complexity index is 769. The van der Waals surface area contributed by atoms with Crippen LogP contribution >= 0.6 is 0 Å². The molecule has 2 aromatic rings. The van der Waals surface area contributed by atoms with E-state index in [9.17, 15) is 9.90 Å². The molecule has 27 heavy (non-hydrogen) atoms. The summed E-state index contributed by atoms with van der Waals surface area (Å²) in [6, 6.07) is 19.4. The molecule has 4 heteroatoms. The van der Waals surface area contributed by atoms with E-state index < -0.39 is 12.2 Å². The molecule has 0 unspecified atom stereocenters. The second kappa shape index (κ2) is 7.57. The minimum absolute atomic E-state index is 0.297. The summed E-state index contributed by atoms with van der Waals surface area (Å²) < 4.78 is 5.96. The molecule has 1 heterocycles. The lowest BCUT2D eigenvalue weighted by Gasteiger charge is -2.31. The van der Waals surface area contributed by atoms with Crippen LogP contribution in [0.4, 0.5) is 0 Å². The largest absolute Gasteiger partial charge is 0.490 e. The Morgan fingerprint density at radius 2 is 1.44 bits per heavy atom. The van der Waals surface area contributed by atoms with Gasteiger partial charge in [0.05, 0.1) is 6.04 Å². The molecule has 0 spiro atoms. The number of rotatable bonds is 3. The third-order valence-electron chi connectivity index (χ3n) is 4.77. The summed E-state index contributed by atoms with van der Waals surface area (Å²) in [6.45, 7) is 7.83. The average molecular weight is 365 g/mol. The van der Waals surface area contributed by atoms with Gasteiger partial charge in [-0.15, -0.1) is 0 Å². The Morgan fingerprint density at radius 3 is 1.89 bits per heavy atom. The first-order chi connectivity index (χ1) is 12.8. The molecule has 4 nitrogen and oxygen atoms in total. The summed E-state index contributed by atoms with van der Waals surface area (Å²) >= 11 is 0. The van der Waals surface area contributed by atoms with Gasteiger partial charge in [0.25, 0.3) is 5.91 Å². The lowest BCUT2D eigenvalue weighted by Crippen LogP contribution is -2.42. The van der Waals surface area contributed by atoms with Gasteiger partial charge in [0.2, 0.25) is 0 Å². The van der Waals surface area contributed by atoms with E-state index in [-0.39, 0.29) is 17.4 Å². The molecule has 0 aromatic heterocycles. The van der Waals surface area contributed by atoms with Gasteiger partial charge in [-0.3, -0.25) is 4.79 Å². The van der Waals surface area contributed by atoms with Crippen LogP contribution < -0.4 is 0 Å². The second-order valence-electron chi connectivity index (χ2n) is 7.98. The number of nitrogens with zero attached hydrogens (tertiary/aromatic N) is 1. The van der Waals surface area contributed by atoms with Crippen LogP contribution in [0.2, 0.25) is 0 Å². The van der Waals surface area contributed by atoms with E-state index in [1.54, 1.807) is 18.0 Å². The summed E-state index contributed by atoms with van der Waals surface area (Å²) in [7, 11) is 0. The van der Waals surface area contributed by atoms with Crippen molar-refractivity contribution in [2.75, 3.05) is 0 Å². The highest BCUT2D eigenvalue weighted by Crippen LogP contribution is 2.36. The molecule has 0 saturated carbocycles. The molecule has 2 atom stereocenters. The van der Waals surface area contributed by atoms with Crippen LogP contribution in [0, 0.1) is 5.41 Å². The Morgan fingerprint density at radius 1 is 0.963 bits per heavy atom. The van der Waals surface area contributed by atoms with Crippen molar-refractivity contribution in [3.8, 4) is 0 Å². The molecular formula is C23H27NO3. The van der Waals surface area contributed by atoms with Crippen LogP contribution in [0.5, 0.6) is 0 Å². The highest BCUT2D eigenvalue weighted by atomic mass is 16.5. The predicted molar refractivity (Wildman–Crippen MR) is 106 cm³/mol. The van der Waals surface area contributed by atoms with Crippen LogP contribution in [0.25, 0.3) is 0 Å². The summed E-state index contributed by atoms with van der Waals surface area (Å²) in [5, 5.41) is 10.6. The van der Waals surface area contributed by atoms with E-state index in [4.69, 9.17) is 4.74 Å². The fourth-order valence-electron chi connectivity index (χ4n) is 3.20. The van der Waals surface area contributed by atoms with E-state index in [0.717, 1.165) is 11.1 Å². The Hall–Kier alpha value is -2.59. The molecule has 0 saturated heterocycles. The monoisotopic (exact) mass is 365 g/mol. The van der Waals surface area contributed by atoms with Crippen molar-refractivity contribution in [3.05, 3.63) is 83.7 Å². The van der Waals surface area contributed by atoms with E-state index >= 15 is 0 Å². The smallest absolute Gasteiger partial charge is 0.260 e. The fraction of sp³-hybridized carbons (Fsp3) is 0.348. The van der Waals surface area contributed by atoms with Crippen molar-refractivity contribution in [2.45, 2.75) is 45.9 Å². The third kappa shape index (κ3) is 4.06. The average Bonchev–Trinajstić information content (AvgIpc) is 2.76. The van der Waals surface area contributed by atoms with Gasteiger partial charge in [-0.1, -0.05) is 81.4 Å². The van der Waals surface area contributed by atoms with Crippen LogP contribution in [0.3, 0.4) is 0 Å². The molecule has 0 aliphatic carbocycles. The molecule has 0 fully saturated rings. The molecule has 1 aliphatic rings. The van der Waals surface area contributed by atoms with Crippen molar-refractivity contribution < 1.29 is 14.6 Å².